The summed E-state index contributed by atoms with van der Waals surface area (Å²) in [5.41, 5.74) is 1.25. The maximum absolute atomic E-state index is 13.0. The van der Waals surface area contributed by atoms with E-state index in [1.165, 1.54) is 11.3 Å². The minimum Gasteiger partial charge on any atom is -0.542 e. The zero-order valence-electron chi connectivity index (χ0n) is 22.3. The molecule has 0 radical (unpaired) electrons. The van der Waals surface area contributed by atoms with Crippen LogP contribution in [-0.4, -0.2) is 77.7 Å². The lowest BCUT2D eigenvalue weighted by atomic mass is 9.74. The molecule has 0 bridgehead atoms. The summed E-state index contributed by atoms with van der Waals surface area (Å²) in [4.78, 5) is 35.2. The maximum Gasteiger partial charge on any atom is 0.430 e. The van der Waals surface area contributed by atoms with Gasteiger partial charge in [-0.1, -0.05) is 25.3 Å². The van der Waals surface area contributed by atoms with Crippen molar-refractivity contribution in [1.29, 1.82) is 0 Å². The van der Waals surface area contributed by atoms with Crippen molar-refractivity contribution >= 4 is 23.4 Å². The van der Waals surface area contributed by atoms with Crippen LogP contribution in [0.2, 0.25) is 0 Å². The van der Waals surface area contributed by atoms with Crippen molar-refractivity contribution in [2.45, 2.75) is 63.5 Å². The Bertz CT molecular complexity index is 1190. The van der Waals surface area contributed by atoms with Gasteiger partial charge in [0.25, 0.3) is 5.91 Å². The number of carbonyl (C=O) groups excluding carboxylic acids is 3. The number of hydrogen-bond donors (Lipinski definition) is 5. The van der Waals surface area contributed by atoms with Crippen molar-refractivity contribution in [3.8, 4) is 0 Å². The van der Waals surface area contributed by atoms with Crippen LogP contribution in [0.5, 0.6) is 0 Å². The summed E-state index contributed by atoms with van der Waals surface area (Å²) in [6.45, 7) is 3.07. The molecular formula is C25H32F6N4O7. The van der Waals surface area contributed by atoms with Gasteiger partial charge in [0.15, 0.2) is 12.1 Å². The van der Waals surface area contributed by atoms with E-state index in [0.717, 1.165) is 63.1 Å². The van der Waals surface area contributed by atoms with Crippen LogP contribution in [0.3, 0.4) is 0 Å². The lowest BCUT2D eigenvalue weighted by Gasteiger charge is -2.35. The predicted octanol–water partition coefficient (Wildman–Crippen LogP) is -1.83. The quantitative estimate of drug-likeness (QED) is 0.188. The molecule has 236 valence electrons. The van der Waals surface area contributed by atoms with Gasteiger partial charge in [0.05, 0.1) is 19.3 Å². The first-order valence-electron chi connectivity index (χ1n) is 13.0. The van der Waals surface area contributed by atoms with E-state index >= 15 is 0 Å². The van der Waals surface area contributed by atoms with Gasteiger partial charge in [0.2, 0.25) is 5.69 Å². The molecule has 3 heterocycles. The van der Waals surface area contributed by atoms with Crippen molar-refractivity contribution in [3.63, 3.8) is 0 Å². The van der Waals surface area contributed by atoms with E-state index in [1.54, 1.807) is 0 Å². The van der Waals surface area contributed by atoms with Crippen LogP contribution >= 0.6 is 0 Å². The Morgan fingerprint density at radius 1 is 1.05 bits per heavy atom. The molecule has 11 nitrogen and oxygen atoms in total. The average Bonchev–Trinajstić information content (AvgIpc) is 3.51. The zero-order valence-corrected chi connectivity index (χ0v) is 22.3. The van der Waals surface area contributed by atoms with Gasteiger partial charge >= 0.3 is 18.2 Å². The number of hydrogen-bond acceptors (Lipinski definition) is 7. The fourth-order valence-electron chi connectivity index (χ4n) is 4.81. The van der Waals surface area contributed by atoms with Gasteiger partial charge in [-0.25, -0.2) is 4.98 Å². The van der Waals surface area contributed by atoms with Crippen LogP contribution in [0, 0.1) is 5.41 Å². The molecule has 17 heteroatoms. The van der Waals surface area contributed by atoms with E-state index < -0.39 is 24.3 Å². The summed E-state index contributed by atoms with van der Waals surface area (Å²) in [7, 11) is 0. The number of aromatic amines is 1. The van der Waals surface area contributed by atoms with Crippen molar-refractivity contribution in [1.82, 2.24) is 10.3 Å². The standard InChI is InChI=1S/C21H30N4O3.2C2HF3O2/c26-15-21(8-3-1-4-9-21)14-22-20(28)19-17-6-2-5-10-25(17)18(23-19)13-24-11-7-16(27)12-24;2*3-2(4,5)1(6)7/h2,5-6,10,16,26-27H,1,3-4,7-9,11-15H2,(H,22,28);2*(H,6,7). The highest BCUT2D eigenvalue weighted by atomic mass is 19.4. The Morgan fingerprint density at radius 3 is 2.10 bits per heavy atom. The van der Waals surface area contributed by atoms with Gasteiger partial charge in [-0.3, -0.25) is 4.79 Å². The molecule has 1 aliphatic heterocycles. The third kappa shape index (κ3) is 10.1. The summed E-state index contributed by atoms with van der Waals surface area (Å²) in [5, 5.41) is 40.3. The number of aliphatic carboxylic acids is 2. The predicted molar refractivity (Wildman–Crippen MR) is 126 cm³/mol. The molecule has 1 saturated heterocycles. The number of carboxylic acids is 2. The molecule has 42 heavy (non-hydrogen) atoms. The van der Waals surface area contributed by atoms with Gasteiger partial charge in [0, 0.05) is 18.4 Å². The fraction of sp³-hybridized carbons (Fsp3) is 0.600. The number of alkyl halides is 6. The number of aromatic nitrogens is 2. The number of nitrogens with one attached hydrogen (secondary N) is 3. The second kappa shape index (κ2) is 14.6. The molecule has 1 amide bonds. The normalized spacial score (nSPS) is 20.1. The van der Waals surface area contributed by atoms with Gasteiger partial charge in [-0.2, -0.15) is 30.7 Å². The third-order valence-electron chi connectivity index (χ3n) is 7.01. The molecule has 2 atom stereocenters. The van der Waals surface area contributed by atoms with Gasteiger partial charge in [-0.05, 0) is 25.0 Å². The fourth-order valence-corrected chi connectivity index (χ4v) is 4.81. The maximum atomic E-state index is 13.0. The van der Waals surface area contributed by atoms with E-state index in [9.17, 15) is 41.4 Å². The molecule has 5 N–H and O–H groups in total. The first-order valence-corrected chi connectivity index (χ1v) is 13.0. The number of aliphatic hydroxyl groups excluding tert-OH is 2. The topological polar surface area (TPSA) is 174 Å². The number of carbonyl (C=O) groups is 3. The summed E-state index contributed by atoms with van der Waals surface area (Å²) in [6, 6.07) is 5.85. The number of halogens is 6. The highest BCUT2D eigenvalue weighted by Gasteiger charge is 2.34. The van der Waals surface area contributed by atoms with Gasteiger partial charge in [0.1, 0.15) is 24.6 Å². The van der Waals surface area contributed by atoms with E-state index in [4.69, 9.17) is 19.8 Å². The smallest absolute Gasteiger partial charge is 0.430 e. The molecule has 2 aliphatic rings. The number of amides is 1. The van der Waals surface area contributed by atoms with Crippen molar-refractivity contribution < 1.29 is 70.5 Å². The molecule has 2 aromatic heterocycles. The molecule has 0 aromatic carbocycles. The molecule has 0 spiro atoms. The first-order chi connectivity index (χ1) is 19.5. The van der Waals surface area contributed by atoms with Crippen LogP contribution in [0.25, 0.3) is 5.52 Å². The molecule has 1 aliphatic carbocycles. The van der Waals surface area contributed by atoms with E-state index in [2.05, 4.69) is 10.3 Å². The minimum absolute atomic E-state index is 0.121. The second-order valence-corrected chi connectivity index (χ2v) is 10.2. The van der Waals surface area contributed by atoms with Crippen molar-refractivity contribution in [2.75, 3.05) is 26.2 Å². The van der Waals surface area contributed by atoms with Gasteiger partial charge < -0.3 is 40.2 Å². The molecule has 1 saturated carbocycles. The van der Waals surface area contributed by atoms with E-state index in [-0.39, 0.29) is 24.0 Å². The number of imidazole rings is 1. The summed E-state index contributed by atoms with van der Waals surface area (Å²) in [5.74, 6) is -5.16. The minimum atomic E-state index is -5.19. The lowest BCUT2D eigenvalue weighted by molar-refractivity contribution is -0.908. The average molecular weight is 615 g/mol. The number of rotatable bonds is 6. The Balaban J connectivity index is 0.000000367. The highest BCUT2D eigenvalue weighted by Crippen LogP contribution is 2.35. The SMILES string of the molecule is O=C(NCC1(CO)CCCCC1)c1[nH]c(C[NH+]2CCC(O)C2)[n+]2ccccc12.O=C([O-])C(F)(F)F.O=C([O-])C(F)(F)F. The number of carboxylic acid groups (broad SMARTS) is 2. The molecule has 2 unspecified atom stereocenters. The molecule has 2 aromatic rings. The largest absolute Gasteiger partial charge is 0.542 e. The highest BCUT2D eigenvalue weighted by molar-refractivity contribution is 5.97. The van der Waals surface area contributed by atoms with E-state index in [0.29, 0.717) is 12.2 Å². The van der Waals surface area contributed by atoms with Crippen molar-refractivity contribution in [2.24, 2.45) is 5.41 Å². The molecular weight excluding hydrogens is 582 g/mol. The summed E-state index contributed by atoms with van der Waals surface area (Å²) >= 11 is 0. The third-order valence-corrected chi connectivity index (χ3v) is 7.01. The number of likely N-dealkylation sites (tertiary alicyclic amines) is 1. The first kappa shape index (κ1) is 34.8. The second-order valence-electron chi connectivity index (χ2n) is 10.2. The number of H-pyrrole nitrogens is 1. The number of aliphatic hydroxyl groups is 2. The Kier molecular flexibility index (Phi) is 12.1. The van der Waals surface area contributed by atoms with E-state index in [1.807, 2.05) is 28.8 Å². The number of fused-ring (bicyclic) bond motifs is 1. The molecule has 2 fully saturated rings. The van der Waals surface area contributed by atoms with Crippen molar-refractivity contribution in [3.05, 3.63) is 35.9 Å². The zero-order chi connectivity index (χ0) is 31.7. The lowest BCUT2D eigenvalue weighted by Crippen LogP contribution is -3.09. The Morgan fingerprint density at radius 2 is 1.62 bits per heavy atom. The monoisotopic (exact) mass is 614 g/mol. The van der Waals surface area contributed by atoms with Crippen LogP contribution in [0.15, 0.2) is 24.4 Å². The van der Waals surface area contributed by atoms with Crippen LogP contribution < -0.4 is 24.8 Å². The van der Waals surface area contributed by atoms with Gasteiger partial charge in [-0.15, -0.1) is 0 Å². The Labute approximate surface area is 235 Å². The molecule has 4 rings (SSSR count). The van der Waals surface area contributed by atoms with Crippen LogP contribution in [0.4, 0.5) is 26.3 Å². The Hall–Kier alpha value is -3.44. The number of pyridine rings is 1. The summed E-state index contributed by atoms with van der Waals surface area (Å²) < 4.78 is 65.1. The van der Waals surface area contributed by atoms with Crippen LogP contribution in [-0.2, 0) is 16.1 Å². The number of quaternary nitrogens is 1. The summed E-state index contributed by atoms with van der Waals surface area (Å²) in [6.07, 6.45) is -2.43. The number of nitrogens with zero attached hydrogens (tertiary/aromatic N) is 1. The van der Waals surface area contributed by atoms with Crippen LogP contribution in [0.1, 0.15) is 54.8 Å².